The normalized spacial score (nSPS) is 17.8. The molecule has 0 spiro atoms. The number of aliphatic hydroxyl groups excluding tert-OH is 1. The summed E-state index contributed by atoms with van der Waals surface area (Å²) in [6.45, 7) is 3.27. The number of nitrogens with two attached hydrogens (primary N) is 5. The molecule has 82 heavy (non-hydrogen) atoms. The Morgan fingerprint density at radius 2 is 1.21 bits per heavy atom. The highest BCUT2D eigenvalue weighted by Crippen LogP contribution is 2.24. The molecule has 3 aromatic rings. The molecule has 0 bridgehead atoms. The largest absolute Gasteiger partial charge is 0.480 e. The Bertz CT molecular complexity index is 2760. The van der Waals surface area contributed by atoms with Gasteiger partial charge in [-0.15, -0.1) is 0 Å². The van der Waals surface area contributed by atoms with Crippen LogP contribution in [0.15, 0.2) is 70.8 Å². The Morgan fingerprint density at radius 3 is 1.82 bits per heavy atom. The molecule has 448 valence electrons. The van der Waals surface area contributed by atoms with Gasteiger partial charge in [-0.25, -0.2) is 4.79 Å². The summed E-state index contributed by atoms with van der Waals surface area (Å²) in [5, 5.41) is 37.8. The number of aromatic nitrogens is 1. The van der Waals surface area contributed by atoms with Gasteiger partial charge in [0.1, 0.15) is 48.3 Å². The Labute approximate surface area is 479 Å². The Morgan fingerprint density at radius 1 is 0.659 bits per heavy atom. The fourth-order valence-electron chi connectivity index (χ4n) is 9.86. The van der Waals surface area contributed by atoms with E-state index in [1.54, 1.807) is 42.8 Å². The van der Waals surface area contributed by atoms with E-state index in [0.717, 1.165) is 10.9 Å². The van der Waals surface area contributed by atoms with Crippen LogP contribution in [0, 0.1) is 0 Å². The second-order valence-electron chi connectivity index (χ2n) is 20.5. The molecule has 2 fully saturated rings. The molecule has 3 heterocycles. The minimum Gasteiger partial charge on any atom is -0.480 e. The van der Waals surface area contributed by atoms with Crippen LogP contribution in [0.5, 0.6) is 0 Å². The summed E-state index contributed by atoms with van der Waals surface area (Å²) in [4.78, 5) is 138. The maximum absolute atomic E-state index is 14.7. The number of fused-ring (bicyclic) bond motifs is 1. The van der Waals surface area contributed by atoms with Crippen molar-refractivity contribution in [2.75, 3.05) is 38.2 Å². The van der Waals surface area contributed by atoms with E-state index in [-0.39, 0.29) is 89.5 Å². The van der Waals surface area contributed by atoms with Crippen LogP contribution in [0.4, 0.5) is 0 Å². The lowest BCUT2D eigenvalue weighted by molar-refractivity contribution is -0.145. The number of carboxylic acids is 1. The molecule has 0 unspecified atom stereocenters. The second kappa shape index (κ2) is 31.9. The molecule has 2 saturated heterocycles. The lowest BCUT2D eigenvalue weighted by atomic mass is 10.0. The van der Waals surface area contributed by atoms with Gasteiger partial charge < -0.3 is 85.6 Å². The van der Waals surface area contributed by atoms with Crippen molar-refractivity contribution in [1.29, 1.82) is 0 Å². The number of carboxylic acid groups (broad SMARTS) is 1. The summed E-state index contributed by atoms with van der Waals surface area (Å²) < 4.78 is 0. The molecule has 0 radical (unpaired) electrons. The van der Waals surface area contributed by atoms with E-state index in [1.807, 2.05) is 24.3 Å². The van der Waals surface area contributed by atoms with Crippen LogP contribution >= 0.6 is 11.8 Å². The molecular weight excluding hydrogens is 1080 g/mol. The predicted molar refractivity (Wildman–Crippen MR) is 309 cm³/mol. The number of nitrogens with one attached hydrogen (secondary N) is 7. The number of guanidine groups is 2. The zero-order valence-electron chi connectivity index (χ0n) is 46.5. The minimum absolute atomic E-state index is 0.00370. The predicted octanol–water partition coefficient (Wildman–Crippen LogP) is -2.48. The van der Waals surface area contributed by atoms with Crippen LogP contribution in [-0.2, 0) is 56.0 Å². The number of H-pyrrole nitrogens is 1. The molecule has 0 aliphatic carbocycles. The molecule has 0 saturated carbocycles. The standard InChI is InChI=1S/C54H80N16O11S/c1-30(63-45(73)38(21-26-82-3)65-46(74)37(18-10-23-61-54(58)59)64-44(72)35(55)16-9-22-60-53(56)57)50(78)69-24-11-20-42(69)48(76)68-43(31(2)71)49(77)66-39(28-33-29-62-36-17-8-7-15-34(33)36)51(79)70-25-12-19-41(70)47(75)67-40(52(80)81)27-32-13-5-4-6-14-32/h4-8,13-15,17,29-31,35,37-43,62,71H,9-12,16,18-28,55H2,1-3H3,(H,63,73)(H,64,72)(H,65,74)(H,66,77)(H,67,75)(H,68,76)(H,80,81)(H4,56,57,60)(H4,58,59,61)/t30-,31+,35-,37-,38-,39-,40-,41-,42-,43-/m0/s1. The highest BCUT2D eigenvalue weighted by atomic mass is 32.2. The molecule has 27 nitrogen and oxygen atoms in total. The van der Waals surface area contributed by atoms with Crippen LogP contribution in [-0.4, -0.2) is 189 Å². The maximum atomic E-state index is 14.7. The number of rotatable bonds is 31. The molecule has 2 aliphatic rings. The van der Waals surface area contributed by atoms with Crippen molar-refractivity contribution < 1.29 is 53.4 Å². The third-order valence-electron chi connectivity index (χ3n) is 14.2. The van der Waals surface area contributed by atoms with Crippen LogP contribution < -0.4 is 60.6 Å². The van der Waals surface area contributed by atoms with Crippen LogP contribution in [0.3, 0.4) is 0 Å². The smallest absolute Gasteiger partial charge is 0.326 e. The molecular formula is C54H80N16O11S. The highest BCUT2D eigenvalue weighted by Gasteiger charge is 2.42. The number of amides is 8. The number of benzene rings is 2. The number of carbonyl (C=O) groups is 9. The Hall–Kier alpha value is -7.98. The van der Waals surface area contributed by atoms with E-state index >= 15 is 0 Å². The quantitative estimate of drug-likeness (QED) is 0.0180. The van der Waals surface area contributed by atoms with Crippen molar-refractivity contribution in [3.8, 4) is 0 Å². The first-order chi connectivity index (χ1) is 39.1. The number of aromatic amines is 1. The SMILES string of the molecule is CSCC[C@H](NC(=O)[C@H](CCCN=C(N)N)NC(=O)[C@@H](N)CCCN=C(N)N)C(=O)N[C@@H](C)C(=O)N1CCC[C@H]1C(=O)N[C@H](C(=O)N[C@@H](Cc1c[nH]c2ccccc12)C(=O)N1CCC[C@H]1C(=O)N[C@@H](Cc1ccccc1)C(=O)O)[C@@H](C)O. The van der Waals surface area contributed by atoms with Gasteiger partial charge in [-0.2, -0.15) is 11.8 Å². The summed E-state index contributed by atoms with van der Waals surface area (Å²) in [5.41, 5.74) is 29.9. The Kier molecular flexibility index (Phi) is 25.2. The van der Waals surface area contributed by atoms with Crippen molar-refractivity contribution in [1.82, 2.24) is 46.7 Å². The van der Waals surface area contributed by atoms with E-state index in [2.05, 4.69) is 46.9 Å². The number of hydrogen-bond acceptors (Lipinski definition) is 14. The van der Waals surface area contributed by atoms with E-state index in [9.17, 15) is 53.4 Å². The maximum Gasteiger partial charge on any atom is 0.326 e. The lowest BCUT2D eigenvalue weighted by Gasteiger charge is -2.32. The number of likely N-dealkylation sites (tertiary alicyclic amines) is 2. The van der Waals surface area contributed by atoms with Crippen molar-refractivity contribution in [2.24, 2.45) is 38.7 Å². The highest BCUT2D eigenvalue weighted by molar-refractivity contribution is 7.98. The third-order valence-corrected chi connectivity index (χ3v) is 14.8. The summed E-state index contributed by atoms with van der Waals surface area (Å²) in [7, 11) is 0. The zero-order valence-corrected chi connectivity index (χ0v) is 47.3. The van der Waals surface area contributed by atoms with E-state index in [1.165, 1.54) is 35.4 Å². The van der Waals surface area contributed by atoms with Crippen molar-refractivity contribution >= 4 is 87.8 Å². The van der Waals surface area contributed by atoms with Gasteiger partial charge in [-0.1, -0.05) is 48.5 Å². The number of thioether (sulfide) groups is 1. The summed E-state index contributed by atoms with van der Waals surface area (Å²) >= 11 is 1.40. The van der Waals surface area contributed by atoms with Gasteiger partial charge in [-0.3, -0.25) is 48.3 Å². The molecule has 2 aliphatic heterocycles. The van der Waals surface area contributed by atoms with Gasteiger partial charge in [0.15, 0.2) is 11.9 Å². The number of carbonyl (C=O) groups excluding carboxylic acids is 8. The topological polar surface area (TPSA) is 443 Å². The number of aliphatic carboxylic acids is 1. The summed E-state index contributed by atoms with van der Waals surface area (Å²) in [5.74, 6) is -6.91. The van der Waals surface area contributed by atoms with Crippen molar-refractivity contribution in [3.05, 3.63) is 71.9 Å². The molecule has 8 amide bonds. The average molecular weight is 1160 g/mol. The van der Waals surface area contributed by atoms with Gasteiger partial charge in [0.25, 0.3) is 0 Å². The molecule has 2 aromatic carbocycles. The number of aliphatic imine (C=N–C) groups is 2. The summed E-state index contributed by atoms with van der Waals surface area (Å²) in [6, 6.07) is 4.92. The Balaban J connectivity index is 1.27. The number of nitrogens with zero attached hydrogens (tertiary/aromatic N) is 4. The third kappa shape index (κ3) is 19.1. The fraction of sp³-hybridized carbons (Fsp3) is 0.537. The van der Waals surface area contributed by atoms with Gasteiger partial charge >= 0.3 is 5.97 Å². The molecule has 1 aromatic heterocycles. The average Bonchev–Trinajstić information content (AvgIpc) is 4.31. The first kappa shape index (κ1) is 64.8. The lowest BCUT2D eigenvalue weighted by Crippen LogP contribution is -2.61. The van der Waals surface area contributed by atoms with E-state index in [0.29, 0.717) is 36.1 Å². The number of hydrogen-bond donors (Lipinski definition) is 14. The number of para-hydroxylation sites is 1. The molecule has 19 N–H and O–H groups in total. The molecule has 10 atom stereocenters. The number of aliphatic hydroxyl groups is 1. The van der Waals surface area contributed by atoms with Gasteiger partial charge in [0.05, 0.1) is 12.1 Å². The fourth-order valence-corrected chi connectivity index (χ4v) is 10.3. The summed E-state index contributed by atoms with van der Waals surface area (Å²) in [6.07, 6.45) is 4.04. The monoisotopic (exact) mass is 1160 g/mol. The minimum atomic E-state index is -1.65. The van der Waals surface area contributed by atoms with Gasteiger partial charge in [0, 0.05) is 56.1 Å². The first-order valence-corrected chi connectivity index (χ1v) is 28.8. The van der Waals surface area contributed by atoms with Crippen LogP contribution in [0.25, 0.3) is 10.9 Å². The van der Waals surface area contributed by atoms with E-state index in [4.69, 9.17) is 28.7 Å². The van der Waals surface area contributed by atoms with Gasteiger partial charge in [0.2, 0.25) is 47.3 Å². The van der Waals surface area contributed by atoms with Crippen molar-refractivity contribution in [2.45, 2.75) is 145 Å². The zero-order chi connectivity index (χ0) is 60.0. The van der Waals surface area contributed by atoms with E-state index < -0.39 is 114 Å². The van der Waals surface area contributed by atoms with Crippen LogP contribution in [0.2, 0.25) is 0 Å². The van der Waals surface area contributed by atoms with Crippen molar-refractivity contribution in [3.63, 3.8) is 0 Å². The molecule has 28 heteroatoms. The first-order valence-electron chi connectivity index (χ1n) is 27.4. The van der Waals surface area contributed by atoms with Gasteiger partial charge in [-0.05, 0) is 101 Å². The second-order valence-corrected chi connectivity index (χ2v) is 21.4. The molecule has 5 rings (SSSR count). The van der Waals surface area contributed by atoms with Crippen LogP contribution in [0.1, 0.15) is 82.8 Å².